The molecule has 1 N–H and O–H groups in total. The van der Waals surface area contributed by atoms with Crippen LogP contribution in [0.1, 0.15) is 32.6 Å². The van der Waals surface area contributed by atoms with E-state index in [1.807, 2.05) is 43.3 Å². The van der Waals surface area contributed by atoms with Crippen molar-refractivity contribution in [3.8, 4) is 0 Å². The van der Waals surface area contributed by atoms with Crippen LogP contribution in [0, 0.1) is 6.92 Å². The Labute approximate surface area is 140 Å². The van der Waals surface area contributed by atoms with Crippen LogP contribution in [0.4, 0.5) is 0 Å². The second-order valence-corrected chi connectivity index (χ2v) is 6.54. The largest absolute Gasteiger partial charge is 0.467 e. The molecule has 122 valence electrons. The molecule has 0 aliphatic carbocycles. The summed E-state index contributed by atoms with van der Waals surface area (Å²) in [6.45, 7) is 4.06. The smallest absolute Gasteiger partial charge is 0.328 e. The summed E-state index contributed by atoms with van der Waals surface area (Å²) in [6, 6.07) is 10.8. The molecule has 4 nitrogen and oxygen atoms in total. The first-order chi connectivity index (χ1) is 11.0. The fourth-order valence-electron chi connectivity index (χ4n) is 2.40. The van der Waals surface area contributed by atoms with E-state index in [0.717, 1.165) is 22.4 Å². The Morgan fingerprint density at radius 2 is 1.96 bits per heavy atom. The fourth-order valence-corrected chi connectivity index (χ4v) is 3.41. The number of carbonyl (C=O) groups is 2. The first-order valence-corrected chi connectivity index (χ1v) is 8.38. The number of rotatable bonds is 6. The zero-order valence-corrected chi connectivity index (χ0v) is 14.4. The van der Waals surface area contributed by atoms with Gasteiger partial charge in [0.1, 0.15) is 6.04 Å². The number of aryl methyl sites for hydroxylation is 2. The zero-order chi connectivity index (χ0) is 16.8. The van der Waals surface area contributed by atoms with Crippen molar-refractivity contribution >= 4 is 23.2 Å². The number of thiophene rings is 1. The van der Waals surface area contributed by atoms with E-state index in [0.29, 0.717) is 11.3 Å². The average molecular weight is 331 g/mol. The molecule has 2 aromatic rings. The van der Waals surface area contributed by atoms with Crippen molar-refractivity contribution < 1.29 is 14.3 Å². The van der Waals surface area contributed by atoms with Crippen LogP contribution in [0.3, 0.4) is 0 Å². The molecule has 0 fully saturated rings. The third-order valence-corrected chi connectivity index (χ3v) is 4.79. The summed E-state index contributed by atoms with van der Waals surface area (Å²) < 4.78 is 4.82. The van der Waals surface area contributed by atoms with Gasteiger partial charge in [0.05, 0.1) is 12.0 Å². The molecule has 0 unspecified atom stereocenters. The minimum atomic E-state index is -0.692. The summed E-state index contributed by atoms with van der Waals surface area (Å²) in [4.78, 5) is 26.2. The molecule has 0 saturated heterocycles. The SMILES string of the molecule is CCc1cc(C(=O)N[C@@H](Cc2ccccc2)C(=O)OC)sc1C. The van der Waals surface area contributed by atoms with Crippen LogP contribution in [0.25, 0.3) is 0 Å². The van der Waals surface area contributed by atoms with Crippen LogP contribution >= 0.6 is 11.3 Å². The molecule has 1 aromatic carbocycles. The molecule has 0 aliphatic rings. The number of benzene rings is 1. The number of hydrogen-bond acceptors (Lipinski definition) is 4. The number of hydrogen-bond donors (Lipinski definition) is 1. The van der Waals surface area contributed by atoms with Gasteiger partial charge in [-0.25, -0.2) is 4.79 Å². The summed E-state index contributed by atoms with van der Waals surface area (Å²) in [5.41, 5.74) is 2.14. The molecule has 0 spiro atoms. The van der Waals surface area contributed by atoms with Gasteiger partial charge in [-0.05, 0) is 30.5 Å². The summed E-state index contributed by atoms with van der Waals surface area (Å²) in [6.07, 6.45) is 1.30. The number of methoxy groups -OCH3 is 1. The van der Waals surface area contributed by atoms with Crippen molar-refractivity contribution in [2.24, 2.45) is 0 Å². The first-order valence-electron chi connectivity index (χ1n) is 7.57. The highest BCUT2D eigenvalue weighted by Gasteiger charge is 2.23. The molecule has 0 bridgehead atoms. The Bertz CT molecular complexity index is 679. The van der Waals surface area contributed by atoms with E-state index in [-0.39, 0.29) is 5.91 Å². The van der Waals surface area contributed by atoms with Crippen LogP contribution in [0.15, 0.2) is 36.4 Å². The van der Waals surface area contributed by atoms with Crippen molar-refractivity contribution in [2.75, 3.05) is 7.11 Å². The number of ether oxygens (including phenoxy) is 1. The predicted octanol–water partition coefficient (Wildman–Crippen LogP) is 3.13. The monoisotopic (exact) mass is 331 g/mol. The van der Waals surface area contributed by atoms with E-state index in [9.17, 15) is 9.59 Å². The number of amides is 1. The second kappa shape index (κ2) is 7.92. The quantitative estimate of drug-likeness (QED) is 0.828. The van der Waals surface area contributed by atoms with Gasteiger partial charge >= 0.3 is 5.97 Å². The molecule has 2 rings (SSSR count). The van der Waals surface area contributed by atoms with Gasteiger partial charge in [-0.2, -0.15) is 0 Å². The lowest BCUT2D eigenvalue weighted by Gasteiger charge is -2.16. The second-order valence-electron chi connectivity index (χ2n) is 5.28. The van der Waals surface area contributed by atoms with E-state index in [4.69, 9.17) is 4.74 Å². The maximum atomic E-state index is 12.4. The Morgan fingerprint density at radius 1 is 1.26 bits per heavy atom. The first kappa shape index (κ1) is 17.2. The third kappa shape index (κ3) is 4.42. The maximum absolute atomic E-state index is 12.4. The molecular weight excluding hydrogens is 310 g/mol. The molecular formula is C18H21NO3S. The van der Waals surface area contributed by atoms with E-state index < -0.39 is 12.0 Å². The third-order valence-electron chi connectivity index (χ3n) is 3.70. The molecule has 1 amide bonds. The minimum absolute atomic E-state index is 0.232. The molecule has 0 aliphatic heterocycles. The number of nitrogens with one attached hydrogen (secondary N) is 1. The van der Waals surface area contributed by atoms with Gasteiger partial charge in [-0.15, -0.1) is 11.3 Å². The molecule has 1 heterocycles. The van der Waals surface area contributed by atoms with Gasteiger partial charge in [0, 0.05) is 11.3 Å². The predicted molar refractivity (Wildman–Crippen MR) is 91.9 cm³/mol. The Balaban J connectivity index is 2.13. The number of esters is 1. The fraction of sp³-hybridized carbons (Fsp3) is 0.333. The molecule has 5 heteroatoms. The summed E-state index contributed by atoms with van der Waals surface area (Å²) in [5.74, 6) is -0.671. The maximum Gasteiger partial charge on any atom is 0.328 e. The van der Waals surface area contributed by atoms with Gasteiger partial charge in [0.25, 0.3) is 5.91 Å². The van der Waals surface area contributed by atoms with Crippen molar-refractivity contribution in [2.45, 2.75) is 32.7 Å². The lowest BCUT2D eigenvalue weighted by atomic mass is 10.1. The minimum Gasteiger partial charge on any atom is -0.467 e. The molecule has 1 atom stereocenters. The molecule has 23 heavy (non-hydrogen) atoms. The van der Waals surface area contributed by atoms with E-state index in [1.165, 1.54) is 18.4 Å². The highest BCUT2D eigenvalue weighted by atomic mass is 32.1. The van der Waals surface area contributed by atoms with Crippen LogP contribution in [-0.4, -0.2) is 25.0 Å². The van der Waals surface area contributed by atoms with E-state index in [1.54, 1.807) is 0 Å². The topological polar surface area (TPSA) is 55.4 Å². The standard InChI is InChI=1S/C18H21NO3S/c1-4-14-11-16(23-12(14)2)17(20)19-15(18(21)22-3)10-13-8-6-5-7-9-13/h5-9,11,15H,4,10H2,1-3H3,(H,19,20)/t15-/m0/s1. The average Bonchev–Trinajstić information content (AvgIpc) is 2.95. The van der Waals surface area contributed by atoms with Crippen molar-refractivity contribution in [3.63, 3.8) is 0 Å². The van der Waals surface area contributed by atoms with E-state index in [2.05, 4.69) is 12.2 Å². The van der Waals surface area contributed by atoms with Crippen LogP contribution in [-0.2, 0) is 22.4 Å². The normalized spacial score (nSPS) is 11.8. The zero-order valence-electron chi connectivity index (χ0n) is 13.6. The van der Waals surface area contributed by atoms with Gasteiger partial charge in [0.15, 0.2) is 0 Å². The highest BCUT2D eigenvalue weighted by molar-refractivity contribution is 7.14. The van der Waals surface area contributed by atoms with Crippen LogP contribution in [0.5, 0.6) is 0 Å². The van der Waals surface area contributed by atoms with Crippen molar-refractivity contribution in [1.29, 1.82) is 0 Å². The molecule has 0 saturated carbocycles. The highest BCUT2D eigenvalue weighted by Crippen LogP contribution is 2.22. The Morgan fingerprint density at radius 3 is 2.52 bits per heavy atom. The lowest BCUT2D eigenvalue weighted by Crippen LogP contribution is -2.42. The van der Waals surface area contributed by atoms with Crippen LogP contribution in [0.2, 0.25) is 0 Å². The molecule has 1 aromatic heterocycles. The number of carbonyl (C=O) groups excluding carboxylic acids is 2. The van der Waals surface area contributed by atoms with Gasteiger partial charge in [-0.1, -0.05) is 37.3 Å². The Hall–Kier alpha value is -2.14. The lowest BCUT2D eigenvalue weighted by molar-refractivity contribution is -0.142. The Kier molecular flexibility index (Phi) is 5.93. The summed E-state index contributed by atoms with van der Waals surface area (Å²) in [5, 5.41) is 2.79. The van der Waals surface area contributed by atoms with E-state index >= 15 is 0 Å². The van der Waals surface area contributed by atoms with Gasteiger partial charge in [0.2, 0.25) is 0 Å². The van der Waals surface area contributed by atoms with Crippen molar-refractivity contribution in [3.05, 3.63) is 57.3 Å². The van der Waals surface area contributed by atoms with Crippen molar-refractivity contribution in [1.82, 2.24) is 5.32 Å². The molecule has 0 radical (unpaired) electrons. The van der Waals surface area contributed by atoms with Gasteiger partial charge < -0.3 is 10.1 Å². The summed E-state index contributed by atoms with van der Waals surface area (Å²) in [7, 11) is 1.33. The summed E-state index contributed by atoms with van der Waals surface area (Å²) >= 11 is 1.45. The van der Waals surface area contributed by atoms with Gasteiger partial charge in [-0.3, -0.25) is 4.79 Å². The van der Waals surface area contributed by atoms with Crippen LogP contribution < -0.4 is 5.32 Å².